The third-order valence-corrected chi connectivity index (χ3v) is 4.72. The second-order valence-electron chi connectivity index (χ2n) is 6.86. The maximum atomic E-state index is 13.0. The van der Waals surface area contributed by atoms with Gasteiger partial charge in [-0.05, 0) is 42.5 Å². The number of carbonyl (C=O) groups is 2. The summed E-state index contributed by atoms with van der Waals surface area (Å²) in [6, 6.07) is 18.8. The molecule has 0 bridgehead atoms. The lowest BCUT2D eigenvalue weighted by molar-refractivity contribution is -0.152. The Labute approximate surface area is 193 Å². The monoisotopic (exact) mass is 477 g/mol. The van der Waals surface area contributed by atoms with Gasteiger partial charge in [0.05, 0.1) is 12.1 Å². The van der Waals surface area contributed by atoms with E-state index >= 15 is 0 Å². The van der Waals surface area contributed by atoms with E-state index in [1.165, 1.54) is 36.4 Å². The maximum absolute atomic E-state index is 13.0. The molecule has 1 N–H and O–H groups in total. The van der Waals surface area contributed by atoms with E-state index in [1.54, 1.807) is 30.3 Å². The molecule has 9 heteroatoms. The number of ether oxygens (including phenoxy) is 2. The van der Waals surface area contributed by atoms with Crippen molar-refractivity contribution >= 4 is 23.5 Å². The van der Waals surface area contributed by atoms with Gasteiger partial charge in [-0.1, -0.05) is 48.0 Å². The molecule has 0 saturated carbocycles. The van der Waals surface area contributed by atoms with Crippen molar-refractivity contribution in [2.24, 2.45) is 0 Å². The fourth-order valence-corrected chi connectivity index (χ4v) is 2.98. The second kappa shape index (κ2) is 10.9. The van der Waals surface area contributed by atoms with Crippen LogP contribution in [-0.4, -0.2) is 25.0 Å². The number of alkyl halides is 3. The van der Waals surface area contributed by atoms with Crippen LogP contribution in [0.15, 0.2) is 78.9 Å². The highest BCUT2D eigenvalue weighted by molar-refractivity contribution is 6.30. The summed E-state index contributed by atoms with van der Waals surface area (Å²) < 4.78 is 49.9. The number of hydrogen-bond acceptors (Lipinski definition) is 4. The highest BCUT2D eigenvalue weighted by Crippen LogP contribution is 2.33. The van der Waals surface area contributed by atoms with Crippen LogP contribution in [0.3, 0.4) is 0 Å². The van der Waals surface area contributed by atoms with Crippen LogP contribution in [-0.2, 0) is 15.7 Å². The summed E-state index contributed by atoms with van der Waals surface area (Å²) in [7, 11) is 0. The molecule has 5 nitrogen and oxygen atoms in total. The molecule has 33 heavy (non-hydrogen) atoms. The summed E-state index contributed by atoms with van der Waals surface area (Å²) in [5.41, 5.74) is -0.113. The fourth-order valence-electron chi connectivity index (χ4n) is 2.86. The molecule has 1 amide bonds. The molecule has 3 aromatic carbocycles. The zero-order valence-corrected chi connectivity index (χ0v) is 17.9. The van der Waals surface area contributed by atoms with Gasteiger partial charge in [-0.2, -0.15) is 13.2 Å². The number of halogens is 4. The first-order valence-corrected chi connectivity index (χ1v) is 10.2. The smallest absolute Gasteiger partial charge is 0.416 e. The zero-order chi connectivity index (χ0) is 23.8. The first-order chi connectivity index (χ1) is 15.7. The van der Waals surface area contributed by atoms with E-state index in [0.29, 0.717) is 16.1 Å². The first-order valence-electron chi connectivity index (χ1n) is 9.83. The van der Waals surface area contributed by atoms with E-state index in [9.17, 15) is 22.8 Å². The molecule has 172 valence electrons. The molecule has 0 heterocycles. The predicted molar refractivity (Wildman–Crippen MR) is 116 cm³/mol. The third-order valence-electron chi connectivity index (χ3n) is 4.47. The average molecular weight is 478 g/mol. The summed E-state index contributed by atoms with van der Waals surface area (Å²) in [4.78, 5) is 24.8. The molecule has 0 fully saturated rings. The van der Waals surface area contributed by atoms with Crippen molar-refractivity contribution in [3.05, 3.63) is 101 Å². The van der Waals surface area contributed by atoms with Crippen molar-refractivity contribution in [3.8, 4) is 5.75 Å². The lowest BCUT2D eigenvalue weighted by Gasteiger charge is -2.19. The van der Waals surface area contributed by atoms with Gasteiger partial charge in [-0.3, -0.25) is 4.79 Å². The van der Waals surface area contributed by atoms with Crippen molar-refractivity contribution in [1.82, 2.24) is 5.32 Å². The van der Waals surface area contributed by atoms with Crippen molar-refractivity contribution in [2.45, 2.75) is 12.3 Å². The van der Waals surface area contributed by atoms with Crippen molar-refractivity contribution in [1.29, 1.82) is 0 Å². The number of nitrogens with one attached hydrogen (secondary N) is 1. The van der Waals surface area contributed by atoms with Crippen molar-refractivity contribution in [2.75, 3.05) is 13.2 Å². The number of carbonyl (C=O) groups excluding carboxylic acids is 2. The lowest BCUT2D eigenvalue weighted by Crippen LogP contribution is -2.29. The molecule has 0 saturated heterocycles. The Bertz CT molecular complexity index is 1090. The van der Waals surface area contributed by atoms with Gasteiger partial charge in [0, 0.05) is 16.1 Å². The SMILES string of the molecule is O=C(NCCOC(=O)C(Oc1cccc(C(F)(F)F)c1)c1ccc(Cl)cc1)c1ccccc1. The molecule has 0 spiro atoms. The fraction of sp³-hybridized carbons (Fsp3) is 0.167. The van der Waals surface area contributed by atoms with Crippen LogP contribution in [0.25, 0.3) is 0 Å². The lowest BCUT2D eigenvalue weighted by atomic mass is 10.1. The molecule has 0 aliphatic heterocycles. The van der Waals surface area contributed by atoms with Gasteiger partial charge in [0.15, 0.2) is 0 Å². The Kier molecular flexibility index (Phi) is 7.95. The average Bonchev–Trinajstić information content (AvgIpc) is 2.81. The van der Waals surface area contributed by atoms with E-state index in [1.807, 2.05) is 0 Å². The summed E-state index contributed by atoms with van der Waals surface area (Å²) in [5.74, 6) is -1.32. The number of hydrogen-bond donors (Lipinski definition) is 1. The number of amides is 1. The van der Waals surface area contributed by atoms with Crippen LogP contribution in [0.5, 0.6) is 5.75 Å². The topological polar surface area (TPSA) is 64.6 Å². The van der Waals surface area contributed by atoms with Gasteiger partial charge < -0.3 is 14.8 Å². The Hall–Kier alpha value is -3.52. The molecule has 0 aromatic heterocycles. The van der Waals surface area contributed by atoms with Crippen LogP contribution in [0.1, 0.15) is 27.6 Å². The largest absolute Gasteiger partial charge is 0.474 e. The molecule has 1 unspecified atom stereocenters. The van der Waals surface area contributed by atoms with Gasteiger partial charge in [-0.25, -0.2) is 4.79 Å². The Morgan fingerprint density at radius 1 is 0.939 bits per heavy atom. The van der Waals surface area contributed by atoms with E-state index in [4.69, 9.17) is 21.1 Å². The predicted octanol–water partition coefficient (Wildman–Crippen LogP) is 5.45. The van der Waals surface area contributed by atoms with Crippen LogP contribution in [0, 0.1) is 0 Å². The Morgan fingerprint density at radius 2 is 1.64 bits per heavy atom. The molecular weight excluding hydrogens is 459 g/mol. The van der Waals surface area contributed by atoms with Gasteiger partial charge in [0.2, 0.25) is 6.10 Å². The molecule has 3 rings (SSSR count). The van der Waals surface area contributed by atoms with Crippen LogP contribution in [0.4, 0.5) is 13.2 Å². The minimum atomic E-state index is -4.56. The van der Waals surface area contributed by atoms with Crippen molar-refractivity contribution < 1.29 is 32.2 Å². The van der Waals surface area contributed by atoms with Crippen LogP contribution in [0.2, 0.25) is 5.02 Å². The zero-order valence-electron chi connectivity index (χ0n) is 17.1. The summed E-state index contributed by atoms with van der Waals surface area (Å²) in [6.07, 6.45) is -5.90. The Balaban J connectivity index is 1.67. The van der Waals surface area contributed by atoms with E-state index in [2.05, 4.69) is 5.32 Å². The normalized spacial score (nSPS) is 12.0. The van der Waals surface area contributed by atoms with Crippen LogP contribution < -0.4 is 10.1 Å². The summed E-state index contributed by atoms with van der Waals surface area (Å²) in [5, 5.41) is 3.03. The molecule has 0 aliphatic rings. The number of rotatable bonds is 8. The minimum absolute atomic E-state index is 0.0381. The van der Waals surface area contributed by atoms with E-state index in [0.717, 1.165) is 12.1 Å². The minimum Gasteiger partial charge on any atom is -0.474 e. The van der Waals surface area contributed by atoms with Crippen LogP contribution >= 0.6 is 11.6 Å². The van der Waals surface area contributed by atoms with Crippen molar-refractivity contribution in [3.63, 3.8) is 0 Å². The van der Waals surface area contributed by atoms with E-state index in [-0.39, 0.29) is 24.8 Å². The Morgan fingerprint density at radius 3 is 2.30 bits per heavy atom. The second-order valence-corrected chi connectivity index (χ2v) is 7.30. The highest BCUT2D eigenvalue weighted by atomic mass is 35.5. The quantitative estimate of drug-likeness (QED) is 0.346. The van der Waals surface area contributed by atoms with Gasteiger partial charge in [0.25, 0.3) is 5.91 Å². The summed E-state index contributed by atoms with van der Waals surface area (Å²) in [6.45, 7) is -0.121. The van der Waals surface area contributed by atoms with Gasteiger partial charge >= 0.3 is 12.1 Å². The summed E-state index contributed by atoms with van der Waals surface area (Å²) >= 11 is 5.89. The van der Waals surface area contributed by atoms with Gasteiger partial charge in [0.1, 0.15) is 12.4 Å². The molecule has 1 atom stereocenters. The first kappa shape index (κ1) is 24.1. The number of benzene rings is 3. The third kappa shape index (κ3) is 6.98. The molecular formula is C24H19ClF3NO4. The number of esters is 1. The van der Waals surface area contributed by atoms with Gasteiger partial charge in [-0.15, -0.1) is 0 Å². The molecule has 0 aliphatic carbocycles. The maximum Gasteiger partial charge on any atom is 0.416 e. The van der Waals surface area contributed by atoms with E-state index < -0.39 is 23.8 Å². The molecule has 0 radical (unpaired) electrons. The molecule has 3 aromatic rings. The highest BCUT2D eigenvalue weighted by Gasteiger charge is 2.31. The standard InChI is InChI=1S/C24H19ClF3NO4/c25-19-11-9-16(10-12-19)21(33-20-8-4-7-18(15-20)24(26,27)28)23(31)32-14-13-29-22(30)17-5-2-1-3-6-17/h1-12,15,21H,13-14H2,(H,29,30).